The summed E-state index contributed by atoms with van der Waals surface area (Å²) in [6.07, 6.45) is 3.50. The van der Waals surface area contributed by atoms with Gasteiger partial charge in [0.1, 0.15) is 10.8 Å². The van der Waals surface area contributed by atoms with Crippen molar-refractivity contribution in [3.63, 3.8) is 0 Å². The maximum atomic E-state index is 13.3. The Bertz CT molecular complexity index is 1200. The van der Waals surface area contributed by atoms with E-state index in [-0.39, 0.29) is 11.7 Å². The van der Waals surface area contributed by atoms with Crippen LogP contribution in [0.2, 0.25) is 0 Å². The smallest absolute Gasteiger partial charge is 0.258 e. The van der Waals surface area contributed by atoms with Crippen molar-refractivity contribution in [2.75, 3.05) is 5.32 Å². The molecule has 144 valence electrons. The number of benzene rings is 2. The summed E-state index contributed by atoms with van der Waals surface area (Å²) in [6, 6.07) is 15.3. The number of aromatic nitrogens is 3. The minimum absolute atomic E-state index is 0.261. The molecular weight excluding hydrogens is 387 g/mol. The summed E-state index contributed by atoms with van der Waals surface area (Å²) >= 11 is 1.44. The summed E-state index contributed by atoms with van der Waals surface area (Å²) < 4.78 is 13.3. The molecule has 1 saturated carbocycles. The van der Waals surface area contributed by atoms with Crippen molar-refractivity contribution in [1.82, 2.24) is 15.2 Å². The third-order valence-corrected chi connectivity index (χ3v) is 6.22. The van der Waals surface area contributed by atoms with Crippen LogP contribution in [0.5, 0.6) is 0 Å². The van der Waals surface area contributed by atoms with Crippen molar-refractivity contribution in [2.45, 2.75) is 25.2 Å². The predicted octanol–water partition coefficient (Wildman–Crippen LogP) is 5.41. The number of hydrogen-bond acceptors (Lipinski definition) is 5. The Morgan fingerprint density at radius 2 is 1.86 bits per heavy atom. The summed E-state index contributed by atoms with van der Waals surface area (Å²) in [7, 11) is 0. The van der Waals surface area contributed by atoms with Gasteiger partial charge in [-0.2, -0.15) is 0 Å². The van der Waals surface area contributed by atoms with E-state index < -0.39 is 0 Å². The van der Waals surface area contributed by atoms with Gasteiger partial charge in [0.15, 0.2) is 0 Å². The molecule has 0 unspecified atom stereocenters. The number of nitrogens with one attached hydrogen (secondary N) is 1. The quantitative estimate of drug-likeness (QED) is 0.494. The highest BCUT2D eigenvalue weighted by Crippen LogP contribution is 2.38. The van der Waals surface area contributed by atoms with Gasteiger partial charge >= 0.3 is 0 Å². The van der Waals surface area contributed by atoms with Crippen LogP contribution in [-0.4, -0.2) is 21.1 Å². The molecule has 2 aromatic carbocycles. The number of anilines is 1. The molecule has 0 saturated heterocycles. The van der Waals surface area contributed by atoms with Crippen LogP contribution in [0.1, 0.15) is 40.5 Å². The Balaban J connectivity index is 1.51. The number of pyridine rings is 1. The number of carbonyl (C=O) groups excluding carboxylic acids is 1. The average Bonchev–Trinajstić information content (AvgIpc) is 3.14. The van der Waals surface area contributed by atoms with E-state index in [9.17, 15) is 9.18 Å². The van der Waals surface area contributed by atoms with Gasteiger partial charge in [-0.1, -0.05) is 36.0 Å². The van der Waals surface area contributed by atoms with Crippen LogP contribution in [-0.2, 0) is 0 Å². The number of amides is 1. The molecule has 0 spiro atoms. The Kier molecular flexibility index (Phi) is 4.52. The third kappa shape index (κ3) is 3.49. The van der Waals surface area contributed by atoms with Gasteiger partial charge < -0.3 is 0 Å². The van der Waals surface area contributed by atoms with Crippen LogP contribution in [0.15, 0.2) is 54.6 Å². The van der Waals surface area contributed by atoms with Crippen LogP contribution in [0.3, 0.4) is 0 Å². The molecule has 2 heterocycles. The highest BCUT2D eigenvalue weighted by molar-refractivity contribution is 7.15. The van der Waals surface area contributed by atoms with Crippen molar-refractivity contribution >= 4 is 33.3 Å². The van der Waals surface area contributed by atoms with Gasteiger partial charge in [0, 0.05) is 16.9 Å². The van der Waals surface area contributed by atoms with Gasteiger partial charge in [-0.25, -0.2) is 9.37 Å². The van der Waals surface area contributed by atoms with E-state index in [0.717, 1.165) is 28.8 Å². The maximum Gasteiger partial charge on any atom is 0.258 e. The first kappa shape index (κ1) is 17.9. The Morgan fingerprint density at radius 1 is 1.07 bits per heavy atom. The molecule has 5 nitrogen and oxygen atoms in total. The minimum atomic E-state index is -0.314. The van der Waals surface area contributed by atoms with Crippen molar-refractivity contribution in [2.24, 2.45) is 0 Å². The van der Waals surface area contributed by atoms with E-state index in [1.807, 2.05) is 24.3 Å². The predicted molar refractivity (Wildman–Crippen MR) is 112 cm³/mol. The normalized spacial score (nSPS) is 14.0. The molecule has 5 rings (SSSR count). The molecule has 0 radical (unpaired) electrons. The molecule has 1 N–H and O–H groups in total. The second kappa shape index (κ2) is 7.33. The zero-order valence-corrected chi connectivity index (χ0v) is 16.2. The fourth-order valence-electron chi connectivity index (χ4n) is 3.40. The number of rotatable bonds is 4. The first-order valence-corrected chi connectivity index (χ1v) is 10.3. The summed E-state index contributed by atoms with van der Waals surface area (Å²) in [5, 5.41) is 13.5. The fraction of sp³-hybridized carbons (Fsp3) is 0.182. The topological polar surface area (TPSA) is 67.8 Å². The SMILES string of the molecule is O=C(Nc1nnc(C2CCC2)s1)c1cc(-c2ccc(F)cc2)nc2ccccc12. The highest BCUT2D eigenvalue weighted by atomic mass is 32.1. The number of fused-ring (bicyclic) bond motifs is 1. The molecule has 0 aliphatic heterocycles. The summed E-state index contributed by atoms with van der Waals surface area (Å²) in [5.74, 6) is -0.0979. The van der Waals surface area contributed by atoms with E-state index in [2.05, 4.69) is 20.5 Å². The van der Waals surface area contributed by atoms with Crippen molar-refractivity contribution in [3.05, 3.63) is 71.0 Å². The molecule has 4 aromatic rings. The molecule has 2 aromatic heterocycles. The molecule has 0 atom stereocenters. The number of halogens is 1. The lowest BCUT2D eigenvalue weighted by Gasteiger charge is -2.21. The van der Waals surface area contributed by atoms with Gasteiger partial charge in [0.05, 0.1) is 16.8 Å². The Labute approximate surface area is 170 Å². The molecule has 7 heteroatoms. The number of carbonyl (C=O) groups is 1. The monoisotopic (exact) mass is 404 g/mol. The molecule has 1 amide bonds. The van der Waals surface area contributed by atoms with Crippen molar-refractivity contribution in [3.8, 4) is 11.3 Å². The van der Waals surface area contributed by atoms with Crippen LogP contribution < -0.4 is 5.32 Å². The van der Waals surface area contributed by atoms with Crippen molar-refractivity contribution < 1.29 is 9.18 Å². The molecular formula is C22H17FN4OS. The lowest BCUT2D eigenvalue weighted by atomic mass is 9.86. The minimum Gasteiger partial charge on any atom is -0.296 e. The highest BCUT2D eigenvalue weighted by Gasteiger charge is 2.24. The fourth-order valence-corrected chi connectivity index (χ4v) is 4.31. The van der Waals surface area contributed by atoms with E-state index in [1.165, 1.54) is 29.9 Å². The van der Waals surface area contributed by atoms with E-state index >= 15 is 0 Å². The van der Waals surface area contributed by atoms with Crippen LogP contribution in [0.4, 0.5) is 9.52 Å². The van der Waals surface area contributed by atoms with Gasteiger partial charge in [0.2, 0.25) is 5.13 Å². The second-order valence-electron chi connectivity index (χ2n) is 7.11. The first-order chi connectivity index (χ1) is 14.2. The van der Waals surface area contributed by atoms with Crippen molar-refractivity contribution in [1.29, 1.82) is 0 Å². The number of hydrogen-bond donors (Lipinski definition) is 1. The van der Waals surface area contributed by atoms with E-state index in [0.29, 0.717) is 27.8 Å². The summed E-state index contributed by atoms with van der Waals surface area (Å²) in [4.78, 5) is 17.7. The molecule has 1 fully saturated rings. The van der Waals surface area contributed by atoms with Crippen LogP contribution in [0.25, 0.3) is 22.2 Å². The summed E-state index contributed by atoms with van der Waals surface area (Å²) in [5.41, 5.74) is 2.55. The first-order valence-electron chi connectivity index (χ1n) is 9.48. The van der Waals surface area contributed by atoms with Crippen LogP contribution >= 0.6 is 11.3 Å². The largest absolute Gasteiger partial charge is 0.296 e. The van der Waals surface area contributed by atoms with Gasteiger partial charge in [-0.15, -0.1) is 10.2 Å². The van der Waals surface area contributed by atoms with E-state index in [1.54, 1.807) is 18.2 Å². The molecule has 0 bridgehead atoms. The number of para-hydroxylation sites is 1. The standard InChI is InChI=1S/C22H17FN4OS/c23-15-10-8-13(9-11-15)19-12-17(16-6-1-2-7-18(16)24-19)20(28)25-22-27-26-21(29-22)14-4-3-5-14/h1-2,6-12,14H,3-5H2,(H,25,27,28). The molecule has 1 aliphatic carbocycles. The number of nitrogens with zero attached hydrogens (tertiary/aromatic N) is 3. The molecule has 1 aliphatic rings. The van der Waals surface area contributed by atoms with Gasteiger partial charge in [-0.3, -0.25) is 10.1 Å². The zero-order valence-electron chi connectivity index (χ0n) is 15.4. The average molecular weight is 404 g/mol. The zero-order chi connectivity index (χ0) is 19.8. The van der Waals surface area contributed by atoms with Gasteiger partial charge in [0.25, 0.3) is 5.91 Å². The molecule has 29 heavy (non-hydrogen) atoms. The van der Waals surface area contributed by atoms with Gasteiger partial charge in [-0.05, 0) is 49.2 Å². The summed E-state index contributed by atoms with van der Waals surface area (Å²) in [6.45, 7) is 0. The van der Waals surface area contributed by atoms with E-state index in [4.69, 9.17) is 0 Å². The second-order valence-corrected chi connectivity index (χ2v) is 8.12. The lowest BCUT2D eigenvalue weighted by Crippen LogP contribution is -2.13. The third-order valence-electron chi connectivity index (χ3n) is 5.22. The lowest BCUT2D eigenvalue weighted by molar-refractivity contribution is 0.102. The Hall–Kier alpha value is -3.19. The Morgan fingerprint density at radius 3 is 2.62 bits per heavy atom. The van der Waals surface area contributed by atoms with Crippen LogP contribution in [0, 0.1) is 5.82 Å². The maximum absolute atomic E-state index is 13.3.